The molecule has 0 atom stereocenters. The van der Waals surface area contributed by atoms with Crippen molar-refractivity contribution in [3.63, 3.8) is 0 Å². The lowest BCUT2D eigenvalue weighted by Gasteiger charge is -2.10. The van der Waals surface area contributed by atoms with Crippen LogP contribution in [0.5, 0.6) is 0 Å². The normalized spacial score (nSPS) is 11.9. The van der Waals surface area contributed by atoms with Crippen LogP contribution in [0.25, 0.3) is 10.8 Å². The highest BCUT2D eigenvalue weighted by Crippen LogP contribution is 2.30. The number of aliphatic imine (C=N–C) groups is 1. The van der Waals surface area contributed by atoms with Crippen molar-refractivity contribution in [2.45, 2.75) is 0 Å². The summed E-state index contributed by atoms with van der Waals surface area (Å²) in [5.41, 5.74) is 9.66. The number of nitro benzene ring substituents is 2. The minimum atomic E-state index is -0.729. The van der Waals surface area contributed by atoms with E-state index in [2.05, 4.69) is 15.5 Å². The average Bonchev–Trinajstić information content (AvgIpc) is 2.90. The maximum atomic E-state index is 11.5. The number of nitrogens with one attached hydrogen (secondary N) is 1. The molecule has 0 heterocycles. The SMILES string of the molecule is NC(=Nc1cccc2ccccc12)SC/C(=N\Nc1ccc([N+](=O)[O-])cc1[N+](=O)[O-])c1ccc(Cl)c(Cl)c1. The van der Waals surface area contributed by atoms with Gasteiger partial charge in [0.05, 0.1) is 37.4 Å². The van der Waals surface area contributed by atoms with Crippen molar-refractivity contribution < 1.29 is 9.85 Å². The van der Waals surface area contributed by atoms with Crippen LogP contribution in [0.3, 0.4) is 0 Å². The molecule has 0 aromatic heterocycles. The summed E-state index contributed by atoms with van der Waals surface area (Å²) in [7, 11) is 0. The van der Waals surface area contributed by atoms with Crippen LogP contribution < -0.4 is 11.2 Å². The molecule has 0 aliphatic rings. The topological polar surface area (TPSA) is 149 Å². The Labute approximate surface area is 230 Å². The number of non-ortho nitro benzene ring substituents is 1. The largest absolute Gasteiger partial charge is 0.378 e. The highest BCUT2D eigenvalue weighted by Gasteiger charge is 2.20. The number of anilines is 1. The first-order valence-electron chi connectivity index (χ1n) is 10.9. The lowest BCUT2D eigenvalue weighted by molar-refractivity contribution is -0.393. The van der Waals surface area contributed by atoms with E-state index in [-0.39, 0.29) is 16.6 Å². The number of nitrogens with two attached hydrogens (primary N) is 1. The summed E-state index contributed by atoms with van der Waals surface area (Å²) in [5.74, 6) is 0.214. The Hall–Kier alpha value is -4.19. The van der Waals surface area contributed by atoms with Gasteiger partial charge in [0.15, 0.2) is 5.17 Å². The monoisotopic (exact) mass is 568 g/mol. The number of nitrogens with zero attached hydrogens (tertiary/aromatic N) is 4. The van der Waals surface area contributed by atoms with Crippen molar-refractivity contribution in [2.24, 2.45) is 15.8 Å². The molecule has 0 spiro atoms. The van der Waals surface area contributed by atoms with Gasteiger partial charge in [-0.3, -0.25) is 25.7 Å². The highest BCUT2D eigenvalue weighted by molar-refractivity contribution is 8.14. The molecule has 192 valence electrons. The first kappa shape index (κ1) is 26.9. The number of rotatable bonds is 8. The number of benzene rings is 4. The Kier molecular flexibility index (Phi) is 8.41. The number of nitro groups is 2. The summed E-state index contributed by atoms with van der Waals surface area (Å²) in [5, 5.41) is 29.8. The summed E-state index contributed by atoms with van der Waals surface area (Å²) in [6.45, 7) is 0. The van der Waals surface area contributed by atoms with E-state index in [1.807, 2.05) is 42.5 Å². The van der Waals surface area contributed by atoms with Gasteiger partial charge in [0, 0.05) is 22.8 Å². The Morgan fingerprint density at radius 1 is 0.921 bits per heavy atom. The van der Waals surface area contributed by atoms with Crippen molar-refractivity contribution in [1.29, 1.82) is 0 Å². The second-order valence-corrected chi connectivity index (χ2v) is 9.56. The van der Waals surface area contributed by atoms with E-state index in [0.29, 0.717) is 27.0 Å². The first-order chi connectivity index (χ1) is 18.2. The van der Waals surface area contributed by atoms with E-state index in [9.17, 15) is 20.2 Å². The average molecular weight is 569 g/mol. The maximum absolute atomic E-state index is 11.5. The second kappa shape index (κ2) is 11.9. The lowest BCUT2D eigenvalue weighted by Crippen LogP contribution is -2.14. The third-order valence-corrected chi connectivity index (χ3v) is 6.85. The van der Waals surface area contributed by atoms with Crippen molar-refractivity contribution in [2.75, 3.05) is 11.2 Å². The molecule has 38 heavy (non-hydrogen) atoms. The van der Waals surface area contributed by atoms with Gasteiger partial charge in [0.2, 0.25) is 0 Å². The molecule has 0 bridgehead atoms. The molecule has 0 aliphatic carbocycles. The summed E-state index contributed by atoms with van der Waals surface area (Å²) >= 11 is 13.5. The minimum Gasteiger partial charge on any atom is -0.378 e. The summed E-state index contributed by atoms with van der Waals surface area (Å²) in [6.07, 6.45) is 0. The number of hydrogen-bond donors (Lipinski definition) is 2. The van der Waals surface area contributed by atoms with E-state index in [4.69, 9.17) is 28.9 Å². The Morgan fingerprint density at radius 2 is 1.68 bits per heavy atom. The Balaban J connectivity index is 1.64. The predicted molar refractivity (Wildman–Crippen MR) is 154 cm³/mol. The van der Waals surface area contributed by atoms with E-state index < -0.39 is 21.2 Å². The highest BCUT2D eigenvalue weighted by atomic mass is 35.5. The fourth-order valence-corrected chi connectivity index (χ4v) is 4.44. The molecule has 0 saturated carbocycles. The molecule has 0 fully saturated rings. The van der Waals surface area contributed by atoms with E-state index >= 15 is 0 Å². The van der Waals surface area contributed by atoms with Crippen LogP contribution in [0.2, 0.25) is 10.0 Å². The molecule has 4 aromatic carbocycles. The molecule has 4 aromatic rings. The van der Waals surface area contributed by atoms with Crippen LogP contribution in [0, 0.1) is 20.2 Å². The summed E-state index contributed by atoms with van der Waals surface area (Å²) in [4.78, 5) is 25.6. The third kappa shape index (κ3) is 6.38. The predicted octanol–water partition coefficient (Wildman–Crippen LogP) is 7.16. The fourth-order valence-electron chi connectivity index (χ4n) is 3.46. The number of fused-ring (bicyclic) bond motifs is 1. The van der Waals surface area contributed by atoms with Gasteiger partial charge in [0.1, 0.15) is 5.69 Å². The Bertz CT molecular complexity index is 1610. The van der Waals surface area contributed by atoms with Crippen molar-refractivity contribution in [1.82, 2.24) is 0 Å². The molecule has 3 N–H and O–H groups in total. The van der Waals surface area contributed by atoms with Gasteiger partial charge < -0.3 is 5.73 Å². The second-order valence-electron chi connectivity index (χ2n) is 7.75. The quantitative estimate of drug-likeness (QED) is 0.0989. The number of halogens is 2. The number of hydrogen-bond acceptors (Lipinski definition) is 8. The number of hydrazone groups is 1. The van der Waals surface area contributed by atoms with Crippen molar-refractivity contribution >= 4 is 79.4 Å². The van der Waals surface area contributed by atoms with Crippen LogP contribution in [0.1, 0.15) is 5.56 Å². The molecule has 0 saturated heterocycles. The molecule has 0 radical (unpaired) electrons. The van der Waals surface area contributed by atoms with Gasteiger partial charge >= 0.3 is 5.69 Å². The molecule has 4 rings (SSSR count). The van der Waals surface area contributed by atoms with Crippen LogP contribution in [-0.2, 0) is 0 Å². The molecule has 0 amide bonds. The fraction of sp³-hybridized carbons (Fsp3) is 0.0400. The summed E-state index contributed by atoms with van der Waals surface area (Å²) < 4.78 is 0. The first-order valence-corrected chi connectivity index (χ1v) is 12.6. The smallest absolute Gasteiger partial charge is 0.301 e. The van der Waals surface area contributed by atoms with Gasteiger partial charge in [-0.25, -0.2) is 4.99 Å². The van der Waals surface area contributed by atoms with Gasteiger partial charge in [-0.1, -0.05) is 77.4 Å². The van der Waals surface area contributed by atoms with Gasteiger partial charge in [-0.2, -0.15) is 5.10 Å². The minimum absolute atomic E-state index is 0.0273. The van der Waals surface area contributed by atoms with Gasteiger partial charge in [-0.05, 0) is 29.7 Å². The van der Waals surface area contributed by atoms with E-state index in [0.717, 1.165) is 22.9 Å². The van der Waals surface area contributed by atoms with Crippen LogP contribution >= 0.6 is 35.0 Å². The maximum Gasteiger partial charge on any atom is 0.301 e. The van der Waals surface area contributed by atoms with Gasteiger partial charge in [0.25, 0.3) is 5.69 Å². The van der Waals surface area contributed by atoms with Gasteiger partial charge in [-0.15, -0.1) is 0 Å². The number of thioether (sulfide) groups is 1. The zero-order chi connectivity index (χ0) is 27.2. The molecule has 13 heteroatoms. The van der Waals surface area contributed by atoms with E-state index in [1.54, 1.807) is 18.2 Å². The zero-order valence-electron chi connectivity index (χ0n) is 19.4. The van der Waals surface area contributed by atoms with Crippen LogP contribution in [-0.4, -0.2) is 26.5 Å². The standard InChI is InChI=1S/C25H18Cl2N6O4S/c26-19-10-8-16(12-20(19)27)23(31-30-22-11-9-17(32(34)35)13-24(22)33(36)37)14-38-25(28)29-21-7-3-5-15-4-1-2-6-18(15)21/h1-13,30H,14H2,(H2,28,29)/b31-23+. The zero-order valence-corrected chi connectivity index (χ0v) is 21.7. The number of amidine groups is 1. The van der Waals surface area contributed by atoms with Crippen molar-refractivity contribution in [3.8, 4) is 0 Å². The van der Waals surface area contributed by atoms with E-state index in [1.165, 1.54) is 17.8 Å². The molecular weight excluding hydrogens is 551 g/mol. The summed E-state index contributed by atoms with van der Waals surface area (Å²) in [6, 6.07) is 21.7. The molecule has 0 aliphatic heterocycles. The Morgan fingerprint density at radius 3 is 2.42 bits per heavy atom. The lowest BCUT2D eigenvalue weighted by atomic mass is 10.1. The van der Waals surface area contributed by atoms with Crippen LogP contribution in [0.15, 0.2) is 89.0 Å². The third-order valence-electron chi connectivity index (χ3n) is 5.31. The molecule has 10 nitrogen and oxygen atoms in total. The molecular formula is C25H18Cl2N6O4S. The molecule has 0 unspecified atom stereocenters. The van der Waals surface area contributed by atoms with Crippen LogP contribution in [0.4, 0.5) is 22.7 Å². The van der Waals surface area contributed by atoms with Crippen molar-refractivity contribution in [3.05, 3.63) is 115 Å².